The molecule has 0 aromatic rings. The van der Waals surface area contributed by atoms with E-state index in [0.717, 1.165) is 0 Å². The SMILES string of the molecule is C=C(C)CCCCCC.C=CCCCCCCC. The highest BCUT2D eigenvalue weighted by Gasteiger charge is 1.86. The molecule has 0 unspecified atom stereocenters. The van der Waals surface area contributed by atoms with Gasteiger partial charge in [0.2, 0.25) is 0 Å². The van der Waals surface area contributed by atoms with Crippen LogP contribution >= 0.6 is 0 Å². The molecule has 0 aromatic heterocycles. The van der Waals surface area contributed by atoms with E-state index in [1.807, 2.05) is 6.08 Å². The van der Waals surface area contributed by atoms with Crippen LogP contribution in [0.1, 0.15) is 91.4 Å². The Labute approximate surface area is 117 Å². The Morgan fingerprint density at radius 2 is 1.33 bits per heavy atom. The van der Waals surface area contributed by atoms with Crippen molar-refractivity contribution >= 4 is 0 Å². The Hall–Kier alpha value is -0.520. The first-order valence-electron chi connectivity index (χ1n) is 7.94. The summed E-state index contributed by atoms with van der Waals surface area (Å²) >= 11 is 0. The average molecular weight is 252 g/mol. The van der Waals surface area contributed by atoms with Gasteiger partial charge in [-0.3, -0.25) is 0 Å². The predicted molar refractivity (Wildman–Crippen MR) is 87.1 cm³/mol. The Balaban J connectivity index is 0. The molecule has 0 rings (SSSR count). The minimum absolute atomic E-state index is 1.20. The summed E-state index contributed by atoms with van der Waals surface area (Å²) < 4.78 is 0. The van der Waals surface area contributed by atoms with Crippen LogP contribution in [0.5, 0.6) is 0 Å². The van der Waals surface area contributed by atoms with Crippen molar-refractivity contribution in [3.63, 3.8) is 0 Å². The van der Waals surface area contributed by atoms with E-state index in [-0.39, 0.29) is 0 Å². The van der Waals surface area contributed by atoms with Crippen molar-refractivity contribution in [2.45, 2.75) is 91.4 Å². The summed E-state index contributed by atoms with van der Waals surface area (Å²) in [6, 6.07) is 0. The molecule has 0 radical (unpaired) electrons. The summed E-state index contributed by atoms with van der Waals surface area (Å²) in [5.74, 6) is 0. The third-order valence-electron chi connectivity index (χ3n) is 2.97. The minimum atomic E-state index is 1.20. The van der Waals surface area contributed by atoms with E-state index in [4.69, 9.17) is 0 Å². The van der Waals surface area contributed by atoms with Gasteiger partial charge in [0, 0.05) is 0 Å². The van der Waals surface area contributed by atoms with Crippen LogP contribution < -0.4 is 0 Å². The van der Waals surface area contributed by atoms with Gasteiger partial charge in [0.15, 0.2) is 0 Å². The van der Waals surface area contributed by atoms with Crippen LogP contribution in [0.15, 0.2) is 24.8 Å². The van der Waals surface area contributed by atoms with Gasteiger partial charge in [0.1, 0.15) is 0 Å². The van der Waals surface area contributed by atoms with E-state index in [2.05, 4.69) is 33.9 Å². The van der Waals surface area contributed by atoms with E-state index in [0.29, 0.717) is 0 Å². The molecule has 0 heterocycles. The summed E-state index contributed by atoms with van der Waals surface area (Å²) in [7, 11) is 0. The average Bonchev–Trinajstić information content (AvgIpc) is 2.35. The summed E-state index contributed by atoms with van der Waals surface area (Å²) in [5, 5.41) is 0. The topological polar surface area (TPSA) is 0 Å². The van der Waals surface area contributed by atoms with Gasteiger partial charge in [-0.2, -0.15) is 0 Å². The zero-order valence-corrected chi connectivity index (χ0v) is 13.3. The molecular weight excluding hydrogens is 216 g/mol. The van der Waals surface area contributed by atoms with Gasteiger partial charge in [-0.05, 0) is 32.6 Å². The number of hydrogen-bond donors (Lipinski definition) is 0. The molecule has 0 heteroatoms. The van der Waals surface area contributed by atoms with Crippen LogP contribution in [0.3, 0.4) is 0 Å². The van der Waals surface area contributed by atoms with Crippen molar-refractivity contribution in [1.82, 2.24) is 0 Å². The molecule has 0 atom stereocenters. The molecule has 0 bridgehead atoms. The first-order valence-corrected chi connectivity index (χ1v) is 7.94. The number of rotatable bonds is 11. The maximum absolute atomic E-state index is 3.85. The van der Waals surface area contributed by atoms with Gasteiger partial charge in [-0.1, -0.05) is 70.4 Å². The second kappa shape index (κ2) is 18.8. The van der Waals surface area contributed by atoms with Crippen molar-refractivity contribution < 1.29 is 0 Å². The van der Waals surface area contributed by atoms with Crippen LogP contribution in [0.4, 0.5) is 0 Å². The molecule has 0 nitrogen and oxygen atoms in total. The van der Waals surface area contributed by atoms with Crippen LogP contribution in [0.2, 0.25) is 0 Å². The number of hydrogen-bond acceptors (Lipinski definition) is 0. The lowest BCUT2D eigenvalue weighted by molar-refractivity contribution is 0.638. The fourth-order valence-electron chi connectivity index (χ4n) is 1.75. The first kappa shape index (κ1) is 19.8. The normalized spacial score (nSPS) is 9.50. The quantitative estimate of drug-likeness (QED) is 0.272. The van der Waals surface area contributed by atoms with E-state index >= 15 is 0 Å². The predicted octanol–water partition coefficient (Wildman–Crippen LogP) is 7.07. The zero-order chi connectivity index (χ0) is 14.1. The molecule has 0 aromatic carbocycles. The van der Waals surface area contributed by atoms with E-state index < -0.39 is 0 Å². The molecule has 0 saturated heterocycles. The lowest BCUT2D eigenvalue weighted by Crippen LogP contribution is -1.76. The maximum atomic E-state index is 3.85. The fraction of sp³-hybridized carbons (Fsp3) is 0.778. The molecule has 0 amide bonds. The number of unbranched alkanes of at least 4 members (excludes halogenated alkanes) is 8. The Bertz CT molecular complexity index is 167. The highest BCUT2D eigenvalue weighted by molar-refractivity contribution is 4.86. The van der Waals surface area contributed by atoms with Gasteiger partial charge in [0.25, 0.3) is 0 Å². The maximum Gasteiger partial charge on any atom is -0.0326 e. The third kappa shape index (κ3) is 24.6. The van der Waals surface area contributed by atoms with E-state index in [1.54, 1.807) is 0 Å². The van der Waals surface area contributed by atoms with Gasteiger partial charge in [-0.25, -0.2) is 0 Å². The van der Waals surface area contributed by atoms with Gasteiger partial charge >= 0.3 is 0 Å². The van der Waals surface area contributed by atoms with Gasteiger partial charge in [0.05, 0.1) is 0 Å². The smallest absolute Gasteiger partial charge is 0.0326 e. The molecule has 0 saturated carbocycles. The van der Waals surface area contributed by atoms with Gasteiger partial charge < -0.3 is 0 Å². The lowest BCUT2D eigenvalue weighted by Gasteiger charge is -1.96. The van der Waals surface area contributed by atoms with Crippen LogP contribution in [-0.4, -0.2) is 0 Å². The van der Waals surface area contributed by atoms with Crippen molar-refractivity contribution in [2.75, 3.05) is 0 Å². The van der Waals surface area contributed by atoms with E-state index in [9.17, 15) is 0 Å². The molecule has 0 fully saturated rings. The molecule has 0 aliphatic carbocycles. The summed E-state index contributed by atoms with van der Waals surface area (Å²) in [4.78, 5) is 0. The third-order valence-corrected chi connectivity index (χ3v) is 2.97. The van der Waals surface area contributed by atoms with Crippen molar-refractivity contribution in [1.29, 1.82) is 0 Å². The Morgan fingerprint density at radius 3 is 1.78 bits per heavy atom. The van der Waals surface area contributed by atoms with Crippen molar-refractivity contribution in [3.8, 4) is 0 Å². The summed E-state index contributed by atoms with van der Waals surface area (Å²) in [5.41, 5.74) is 1.33. The fourth-order valence-corrected chi connectivity index (χ4v) is 1.75. The zero-order valence-electron chi connectivity index (χ0n) is 13.3. The largest absolute Gasteiger partial charge is 0.103 e. The number of allylic oxidation sites excluding steroid dienone is 2. The molecule has 0 aliphatic rings. The second-order valence-electron chi connectivity index (χ2n) is 5.26. The van der Waals surface area contributed by atoms with Crippen LogP contribution in [0.25, 0.3) is 0 Å². The minimum Gasteiger partial charge on any atom is -0.103 e. The Morgan fingerprint density at radius 1 is 0.833 bits per heavy atom. The van der Waals surface area contributed by atoms with Crippen molar-refractivity contribution in [2.24, 2.45) is 0 Å². The highest BCUT2D eigenvalue weighted by Crippen LogP contribution is 2.06. The highest BCUT2D eigenvalue weighted by atomic mass is 13.9. The lowest BCUT2D eigenvalue weighted by atomic mass is 10.1. The molecular formula is C18H36. The van der Waals surface area contributed by atoms with E-state index in [1.165, 1.54) is 76.2 Å². The molecule has 18 heavy (non-hydrogen) atoms. The molecule has 0 N–H and O–H groups in total. The monoisotopic (exact) mass is 252 g/mol. The van der Waals surface area contributed by atoms with Crippen molar-refractivity contribution in [3.05, 3.63) is 24.8 Å². The molecule has 0 spiro atoms. The second-order valence-corrected chi connectivity index (χ2v) is 5.26. The first-order chi connectivity index (χ1) is 8.68. The molecule has 108 valence electrons. The van der Waals surface area contributed by atoms with Gasteiger partial charge in [-0.15, -0.1) is 13.2 Å². The van der Waals surface area contributed by atoms with Crippen LogP contribution in [0, 0.1) is 0 Å². The standard InChI is InChI=1S/2C9H18/c1-4-5-6-7-8-9(2)3;1-3-5-7-9-8-6-4-2/h2,4-8H2,1,3H3;3H,1,4-9H2,2H3. The van der Waals surface area contributed by atoms with Crippen LogP contribution in [-0.2, 0) is 0 Å². The Kier molecular flexibility index (Phi) is 20.7. The molecule has 0 aliphatic heterocycles. The summed E-state index contributed by atoms with van der Waals surface area (Å²) in [6.07, 6.45) is 16.7. The summed E-state index contributed by atoms with van der Waals surface area (Å²) in [6.45, 7) is 14.1.